The summed E-state index contributed by atoms with van der Waals surface area (Å²) < 4.78 is 66.2. The third-order valence-corrected chi connectivity index (χ3v) is 6.45. The molecule has 0 aliphatic rings. The van der Waals surface area contributed by atoms with Gasteiger partial charge in [-0.2, -0.15) is 13.2 Å². The van der Waals surface area contributed by atoms with Crippen molar-refractivity contribution < 1.29 is 32.1 Å². The van der Waals surface area contributed by atoms with Crippen molar-refractivity contribution in [2.45, 2.75) is 58.5 Å². The van der Waals surface area contributed by atoms with Crippen LogP contribution in [0, 0.1) is 0 Å². The highest BCUT2D eigenvalue weighted by Gasteiger charge is 2.31. The van der Waals surface area contributed by atoms with Crippen LogP contribution < -0.4 is 30.4 Å². The van der Waals surface area contributed by atoms with Crippen molar-refractivity contribution in [2.75, 3.05) is 39.5 Å². The first-order valence-corrected chi connectivity index (χ1v) is 14.7. The Morgan fingerprint density at radius 2 is 0.833 bits per heavy atom. The largest absolute Gasteiger partial charge is 0.493 e. The van der Waals surface area contributed by atoms with Crippen molar-refractivity contribution in [3.8, 4) is 45.3 Å². The van der Waals surface area contributed by atoms with E-state index in [-0.39, 0.29) is 0 Å². The van der Waals surface area contributed by atoms with Crippen LogP contribution in [0.1, 0.15) is 57.9 Å². The van der Waals surface area contributed by atoms with E-state index in [1.807, 2.05) is 0 Å². The molecule has 0 bridgehead atoms. The normalized spacial score (nSPS) is 11.4. The lowest BCUT2D eigenvalue weighted by Gasteiger charge is -2.17. The summed E-state index contributed by atoms with van der Waals surface area (Å²) in [6.07, 6.45) is 0.357. The summed E-state index contributed by atoms with van der Waals surface area (Å²) in [5.74, 6) is 2.08. The summed E-state index contributed by atoms with van der Waals surface area (Å²) in [4.78, 5) is 0. The zero-order valence-corrected chi connectivity index (χ0v) is 24.6. The Kier molecular flexibility index (Phi) is 13.3. The summed E-state index contributed by atoms with van der Waals surface area (Å²) in [5, 5.41) is 0. The van der Waals surface area contributed by atoms with Gasteiger partial charge in [0.2, 0.25) is 0 Å². The first-order valence-electron chi connectivity index (χ1n) is 14.7. The minimum absolute atomic E-state index is 0.382. The maximum absolute atomic E-state index is 14.2. The molecule has 3 rings (SSSR count). The van der Waals surface area contributed by atoms with Crippen LogP contribution in [0.3, 0.4) is 0 Å². The lowest BCUT2D eigenvalue weighted by molar-refractivity contribution is -0.137. The van der Waals surface area contributed by atoms with Crippen molar-refractivity contribution in [2.24, 2.45) is 11.5 Å². The van der Waals surface area contributed by atoms with Crippen molar-refractivity contribution in [3.05, 3.63) is 60.2 Å². The number of unbranched alkanes of at least 4 members (excludes halogenated alkanes) is 2. The van der Waals surface area contributed by atoms with Crippen LogP contribution in [-0.4, -0.2) is 39.5 Å². The average Bonchev–Trinajstić information content (AvgIpc) is 2.97. The number of halogens is 3. The Hall–Kier alpha value is -3.43. The molecule has 0 aromatic heterocycles. The molecule has 0 aliphatic carbocycles. The molecule has 9 heteroatoms. The van der Waals surface area contributed by atoms with Gasteiger partial charge in [-0.15, -0.1) is 0 Å². The van der Waals surface area contributed by atoms with Crippen LogP contribution >= 0.6 is 0 Å². The molecular weight excluding hydrogens is 545 g/mol. The van der Waals surface area contributed by atoms with Crippen molar-refractivity contribution in [3.63, 3.8) is 0 Å². The summed E-state index contributed by atoms with van der Waals surface area (Å²) in [5.41, 5.74) is 12.3. The summed E-state index contributed by atoms with van der Waals surface area (Å²) in [6, 6.07) is 14.5. The van der Waals surface area contributed by atoms with E-state index in [2.05, 4.69) is 13.8 Å². The summed E-state index contributed by atoms with van der Waals surface area (Å²) >= 11 is 0. The Morgan fingerprint density at radius 3 is 1.14 bits per heavy atom. The summed E-state index contributed by atoms with van der Waals surface area (Å²) in [6.45, 7) is 6.82. The highest BCUT2D eigenvalue weighted by Crippen LogP contribution is 2.40. The maximum atomic E-state index is 14.2. The van der Waals surface area contributed by atoms with Crippen LogP contribution in [0.4, 0.5) is 13.2 Å². The smallest absolute Gasteiger partial charge is 0.416 e. The molecule has 3 aromatic rings. The first-order chi connectivity index (χ1) is 20.3. The van der Waals surface area contributed by atoms with E-state index in [1.165, 1.54) is 0 Å². The molecule has 0 spiro atoms. The monoisotopic (exact) mass is 588 g/mol. The third-order valence-electron chi connectivity index (χ3n) is 6.45. The van der Waals surface area contributed by atoms with E-state index in [4.69, 9.17) is 30.4 Å². The van der Waals surface area contributed by atoms with Crippen molar-refractivity contribution >= 4 is 0 Å². The number of hydrogen-bond donors (Lipinski definition) is 2. The second-order valence-corrected chi connectivity index (χ2v) is 10.1. The highest BCUT2D eigenvalue weighted by atomic mass is 19.4. The standard InChI is InChI=1S/C33H43F3N2O4/c1-3-5-11-39-29-18-26(20-31(22-29)41-13-7-9-37)24-15-25(17-28(16-24)33(34,35)36)27-19-30(40-12-6-4-2)23-32(21-27)42-14-8-10-38/h15-23H,3-14,37-38H2,1-2H3. The molecule has 0 radical (unpaired) electrons. The highest BCUT2D eigenvalue weighted by molar-refractivity contribution is 5.77. The molecule has 0 saturated carbocycles. The molecule has 0 atom stereocenters. The van der Waals surface area contributed by atoms with Gasteiger partial charge in [-0.3, -0.25) is 0 Å². The van der Waals surface area contributed by atoms with Gasteiger partial charge >= 0.3 is 6.18 Å². The molecule has 6 nitrogen and oxygen atoms in total. The zero-order valence-electron chi connectivity index (χ0n) is 24.6. The minimum Gasteiger partial charge on any atom is -0.493 e. The van der Waals surface area contributed by atoms with Crippen molar-refractivity contribution in [1.82, 2.24) is 0 Å². The van der Waals surface area contributed by atoms with Gasteiger partial charge in [0.1, 0.15) is 23.0 Å². The molecule has 230 valence electrons. The Bertz CT molecular complexity index is 1110. The summed E-state index contributed by atoms with van der Waals surface area (Å²) in [7, 11) is 0. The van der Waals surface area contributed by atoms with Gasteiger partial charge in [-0.05, 0) is 103 Å². The van der Waals surface area contributed by atoms with Crippen molar-refractivity contribution in [1.29, 1.82) is 0 Å². The number of nitrogens with two attached hydrogens (primary N) is 2. The van der Waals surface area contributed by atoms with Crippen LogP contribution in [0.15, 0.2) is 54.6 Å². The zero-order chi connectivity index (χ0) is 30.4. The van der Waals surface area contributed by atoms with Crippen LogP contribution in [-0.2, 0) is 6.18 Å². The fourth-order valence-electron chi connectivity index (χ4n) is 4.15. The Balaban J connectivity index is 2.11. The van der Waals surface area contributed by atoms with Crippen LogP contribution in [0.2, 0.25) is 0 Å². The quantitative estimate of drug-likeness (QED) is 0.147. The second kappa shape index (κ2) is 16.9. The predicted molar refractivity (Wildman–Crippen MR) is 161 cm³/mol. The minimum atomic E-state index is -4.56. The van der Waals surface area contributed by atoms with Gasteiger partial charge in [-0.25, -0.2) is 0 Å². The fourth-order valence-corrected chi connectivity index (χ4v) is 4.15. The molecule has 3 aromatic carbocycles. The van der Waals surface area contributed by atoms with E-state index in [0.29, 0.717) is 97.6 Å². The van der Waals surface area contributed by atoms with Gasteiger partial charge in [-0.1, -0.05) is 26.7 Å². The van der Waals surface area contributed by atoms with E-state index in [9.17, 15) is 13.2 Å². The lowest BCUT2D eigenvalue weighted by Crippen LogP contribution is -2.07. The molecular formula is C33H43F3N2O4. The number of benzene rings is 3. The van der Waals surface area contributed by atoms with E-state index in [1.54, 1.807) is 42.5 Å². The van der Waals surface area contributed by atoms with Gasteiger partial charge in [0.05, 0.1) is 32.0 Å². The second-order valence-electron chi connectivity index (χ2n) is 10.1. The van der Waals surface area contributed by atoms with E-state index >= 15 is 0 Å². The van der Waals surface area contributed by atoms with Gasteiger partial charge < -0.3 is 30.4 Å². The van der Waals surface area contributed by atoms with Gasteiger partial charge in [0, 0.05) is 12.1 Å². The molecule has 0 heterocycles. The van der Waals surface area contributed by atoms with Gasteiger partial charge in [0.15, 0.2) is 0 Å². The number of rotatable bonds is 18. The molecule has 0 aliphatic heterocycles. The lowest BCUT2D eigenvalue weighted by atomic mass is 9.95. The van der Waals surface area contributed by atoms with E-state index < -0.39 is 11.7 Å². The Morgan fingerprint density at radius 1 is 0.500 bits per heavy atom. The van der Waals surface area contributed by atoms with E-state index in [0.717, 1.165) is 37.8 Å². The first kappa shape index (κ1) is 33.1. The third kappa shape index (κ3) is 10.4. The number of alkyl halides is 3. The molecule has 4 N–H and O–H groups in total. The SMILES string of the molecule is CCCCOc1cc(OCCCN)cc(-c2cc(-c3cc(OCCCC)cc(OCCCN)c3)cc(C(F)(F)F)c2)c1. The molecule has 0 saturated heterocycles. The molecule has 0 fully saturated rings. The average molecular weight is 589 g/mol. The molecule has 42 heavy (non-hydrogen) atoms. The molecule has 0 unspecified atom stereocenters. The fraction of sp³-hybridized carbons (Fsp3) is 0.455. The topological polar surface area (TPSA) is 89.0 Å². The maximum Gasteiger partial charge on any atom is 0.416 e. The Labute approximate surface area is 247 Å². The number of ether oxygens (including phenoxy) is 4. The predicted octanol–water partition coefficient (Wildman–Crippen LogP) is 7.85. The number of hydrogen-bond acceptors (Lipinski definition) is 6. The van der Waals surface area contributed by atoms with Gasteiger partial charge in [0.25, 0.3) is 0 Å². The van der Waals surface area contributed by atoms with Crippen LogP contribution in [0.25, 0.3) is 22.3 Å². The molecule has 0 amide bonds. The van der Waals surface area contributed by atoms with Crippen LogP contribution in [0.5, 0.6) is 23.0 Å².